The van der Waals surface area contributed by atoms with Gasteiger partial charge in [-0.1, -0.05) is 49.7 Å². The molecule has 33 heavy (non-hydrogen) atoms. The van der Waals surface area contributed by atoms with Gasteiger partial charge in [-0.05, 0) is 56.9 Å². The fraction of sp³-hybridized carbons (Fsp3) is 0.440. The van der Waals surface area contributed by atoms with E-state index in [0.29, 0.717) is 18.2 Å². The van der Waals surface area contributed by atoms with E-state index in [4.69, 9.17) is 0 Å². The van der Waals surface area contributed by atoms with E-state index < -0.39 is 21.5 Å². The average molecular weight is 472 g/mol. The Balaban J connectivity index is 2.04. The summed E-state index contributed by atoms with van der Waals surface area (Å²) in [6.45, 7) is 9.59. The molecule has 1 aliphatic heterocycles. The number of carbonyl (C=O) groups excluding carboxylic acids is 2. The molecule has 2 aromatic rings. The summed E-state index contributed by atoms with van der Waals surface area (Å²) in [6, 6.07) is 13.7. The zero-order valence-corrected chi connectivity index (χ0v) is 20.8. The highest BCUT2D eigenvalue weighted by atomic mass is 32.2. The molecule has 2 amide bonds. The molecule has 7 nitrogen and oxygen atoms in total. The second-order valence-corrected chi connectivity index (χ2v) is 11.3. The Hall–Kier alpha value is -2.71. The van der Waals surface area contributed by atoms with Crippen LogP contribution in [0.2, 0.25) is 0 Å². The predicted molar refractivity (Wildman–Crippen MR) is 129 cm³/mol. The molecule has 3 rings (SSSR count). The Bertz CT molecular complexity index is 1130. The van der Waals surface area contributed by atoms with E-state index in [-0.39, 0.29) is 23.9 Å². The van der Waals surface area contributed by atoms with Crippen molar-refractivity contribution in [2.45, 2.75) is 51.5 Å². The number of sulfonamides is 1. The normalized spacial score (nSPS) is 19.7. The first-order valence-electron chi connectivity index (χ1n) is 11.2. The molecular weight excluding hydrogens is 438 g/mol. The molecule has 1 unspecified atom stereocenters. The monoisotopic (exact) mass is 471 g/mol. The molecule has 0 aromatic heterocycles. The highest BCUT2D eigenvalue weighted by Crippen LogP contribution is 2.34. The third kappa shape index (κ3) is 5.12. The van der Waals surface area contributed by atoms with Crippen LogP contribution in [0.4, 0.5) is 5.69 Å². The van der Waals surface area contributed by atoms with Gasteiger partial charge in [-0.25, -0.2) is 8.42 Å². The lowest BCUT2D eigenvalue weighted by Gasteiger charge is -2.47. The van der Waals surface area contributed by atoms with Gasteiger partial charge >= 0.3 is 0 Å². The fourth-order valence-corrected chi connectivity index (χ4v) is 5.67. The van der Waals surface area contributed by atoms with Crippen LogP contribution in [-0.2, 0) is 19.6 Å². The number of anilines is 1. The zero-order chi connectivity index (χ0) is 24.4. The van der Waals surface area contributed by atoms with Gasteiger partial charge in [-0.15, -0.1) is 0 Å². The SMILES string of the molecule is Cc1ccc(N2C(=O)CN(S(=O)(=O)c3ccccc3)CC2(C)C(=O)NCCC(C)C)c(C)c1. The molecule has 0 aliphatic carbocycles. The van der Waals surface area contributed by atoms with Crippen LogP contribution in [0.3, 0.4) is 0 Å². The van der Waals surface area contributed by atoms with Crippen molar-refractivity contribution in [3.63, 3.8) is 0 Å². The largest absolute Gasteiger partial charge is 0.354 e. The molecule has 1 N–H and O–H groups in total. The van der Waals surface area contributed by atoms with Crippen molar-refractivity contribution in [2.75, 3.05) is 24.5 Å². The molecule has 1 heterocycles. The first-order chi connectivity index (χ1) is 15.5. The second-order valence-electron chi connectivity index (χ2n) is 9.32. The van der Waals surface area contributed by atoms with Crippen LogP contribution in [0.15, 0.2) is 53.4 Å². The molecule has 178 valence electrons. The first kappa shape index (κ1) is 24.9. The fourth-order valence-electron chi connectivity index (χ4n) is 4.17. The van der Waals surface area contributed by atoms with Crippen molar-refractivity contribution < 1.29 is 18.0 Å². The number of hydrogen-bond acceptors (Lipinski definition) is 4. The number of aryl methyl sites for hydroxylation is 2. The van der Waals surface area contributed by atoms with Crippen molar-refractivity contribution in [1.29, 1.82) is 0 Å². The Morgan fingerprint density at radius 3 is 2.39 bits per heavy atom. The summed E-state index contributed by atoms with van der Waals surface area (Å²) in [7, 11) is -3.95. The summed E-state index contributed by atoms with van der Waals surface area (Å²) in [6.07, 6.45) is 0.783. The Morgan fingerprint density at radius 1 is 1.12 bits per heavy atom. The van der Waals surface area contributed by atoms with Crippen molar-refractivity contribution in [1.82, 2.24) is 9.62 Å². The maximum absolute atomic E-state index is 13.5. The van der Waals surface area contributed by atoms with E-state index in [9.17, 15) is 18.0 Å². The standard InChI is InChI=1S/C25H33N3O4S/c1-18(2)13-14-26-24(30)25(5)17-27(33(31,32)21-9-7-6-8-10-21)16-23(29)28(25)22-12-11-19(3)15-20(22)4/h6-12,15,18H,13-14,16-17H2,1-5H3,(H,26,30). The van der Waals surface area contributed by atoms with E-state index in [2.05, 4.69) is 19.2 Å². The number of benzene rings is 2. The summed E-state index contributed by atoms with van der Waals surface area (Å²) in [4.78, 5) is 28.5. The smallest absolute Gasteiger partial charge is 0.247 e. The van der Waals surface area contributed by atoms with Crippen LogP contribution < -0.4 is 10.2 Å². The van der Waals surface area contributed by atoms with E-state index in [0.717, 1.165) is 21.9 Å². The van der Waals surface area contributed by atoms with Gasteiger partial charge in [0.05, 0.1) is 11.4 Å². The highest BCUT2D eigenvalue weighted by molar-refractivity contribution is 7.89. The van der Waals surface area contributed by atoms with E-state index in [1.54, 1.807) is 25.1 Å². The van der Waals surface area contributed by atoms with Gasteiger partial charge in [-0.2, -0.15) is 4.31 Å². The summed E-state index contributed by atoms with van der Waals surface area (Å²) in [5, 5.41) is 2.93. The summed E-state index contributed by atoms with van der Waals surface area (Å²) in [5.74, 6) is -0.407. The maximum atomic E-state index is 13.5. The van der Waals surface area contributed by atoms with Gasteiger partial charge < -0.3 is 5.32 Å². The summed E-state index contributed by atoms with van der Waals surface area (Å²) >= 11 is 0. The van der Waals surface area contributed by atoms with Crippen LogP contribution in [0.5, 0.6) is 0 Å². The number of rotatable bonds is 7. The first-order valence-corrected chi connectivity index (χ1v) is 12.6. The third-order valence-electron chi connectivity index (χ3n) is 6.01. The number of amides is 2. The lowest BCUT2D eigenvalue weighted by Crippen LogP contribution is -2.70. The number of hydrogen-bond donors (Lipinski definition) is 1. The molecule has 1 aliphatic rings. The molecule has 1 atom stereocenters. The molecule has 1 saturated heterocycles. The topological polar surface area (TPSA) is 86.8 Å². The predicted octanol–water partition coefficient (Wildman–Crippen LogP) is 3.26. The molecule has 0 spiro atoms. The van der Waals surface area contributed by atoms with Gasteiger partial charge in [0.2, 0.25) is 21.8 Å². The van der Waals surface area contributed by atoms with Crippen molar-refractivity contribution >= 4 is 27.5 Å². The van der Waals surface area contributed by atoms with Gasteiger partial charge in [-0.3, -0.25) is 14.5 Å². The Labute approximate surface area is 196 Å². The Morgan fingerprint density at radius 2 is 1.79 bits per heavy atom. The summed E-state index contributed by atoms with van der Waals surface area (Å²) < 4.78 is 27.8. The number of nitrogens with one attached hydrogen (secondary N) is 1. The molecule has 0 saturated carbocycles. The number of carbonyl (C=O) groups is 2. The Kier molecular flexibility index (Phi) is 7.29. The quantitative estimate of drug-likeness (QED) is 0.672. The van der Waals surface area contributed by atoms with Crippen LogP contribution >= 0.6 is 0 Å². The van der Waals surface area contributed by atoms with E-state index in [1.165, 1.54) is 17.0 Å². The highest BCUT2D eigenvalue weighted by Gasteiger charge is 2.51. The number of nitrogens with zero attached hydrogens (tertiary/aromatic N) is 2. The molecule has 8 heteroatoms. The maximum Gasteiger partial charge on any atom is 0.247 e. The van der Waals surface area contributed by atoms with Gasteiger partial charge in [0.15, 0.2) is 0 Å². The van der Waals surface area contributed by atoms with Crippen LogP contribution in [0.1, 0.15) is 38.3 Å². The van der Waals surface area contributed by atoms with E-state index >= 15 is 0 Å². The van der Waals surface area contributed by atoms with Gasteiger partial charge in [0, 0.05) is 18.8 Å². The molecule has 1 fully saturated rings. The minimum atomic E-state index is -3.95. The molecule has 0 bridgehead atoms. The van der Waals surface area contributed by atoms with E-state index in [1.807, 2.05) is 32.0 Å². The van der Waals surface area contributed by atoms with Gasteiger partial charge in [0.25, 0.3) is 0 Å². The third-order valence-corrected chi connectivity index (χ3v) is 7.82. The minimum absolute atomic E-state index is 0.0975. The minimum Gasteiger partial charge on any atom is -0.354 e. The van der Waals surface area contributed by atoms with Crippen LogP contribution in [0.25, 0.3) is 0 Å². The number of piperazine rings is 1. The second kappa shape index (κ2) is 9.65. The van der Waals surface area contributed by atoms with Gasteiger partial charge in [0.1, 0.15) is 5.54 Å². The lowest BCUT2D eigenvalue weighted by atomic mass is 9.93. The summed E-state index contributed by atoms with van der Waals surface area (Å²) in [5.41, 5.74) is 1.10. The lowest BCUT2D eigenvalue weighted by molar-refractivity contribution is -0.132. The molecule has 0 radical (unpaired) electrons. The van der Waals surface area contributed by atoms with Crippen molar-refractivity contribution in [3.05, 3.63) is 59.7 Å². The molecule has 2 aromatic carbocycles. The van der Waals surface area contributed by atoms with Crippen LogP contribution in [-0.4, -0.2) is 49.7 Å². The van der Waals surface area contributed by atoms with Crippen molar-refractivity contribution in [2.24, 2.45) is 5.92 Å². The van der Waals surface area contributed by atoms with Crippen LogP contribution in [0, 0.1) is 19.8 Å². The van der Waals surface area contributed by atoms with Crippen molar-refractivity contribution in [3.8, 4) is 0 Å². The zero-order valence-electron chi connectivity index (χ0n) is 20.0. The molecular formula is C25H33N3O4S. The average Bonchev–Trinajstić information content (AvgIpc) is 2.75.